The number of benzene rings is 1. The predicted octanol–water partition coefficient (Wildman–Crippen LogP) is 2.67. The Bertz CT molecular complexity index is 375. The van der Waals surface area contributed by atoms with Crippen LogP contribution in [0.5, 0.6) is 0 Å². The van der Waals surface area contributed by atoms with Gasteiger partial charge in [-0.15, -0.1) is 0 Å². The molecule has 0 radical (unpaired) electrons. The Morgan fingerprint density at radius 3 is 2.89 bits per heavy atom. The van der Waals surface area contributed by atoms with Crippen LogP contribution in [0.25, 0.3) is 0 Å². The van der Waals surface area contributed by atoms with E-state index in [2.05, 4.69) is 30.4 Å². The maximum atomic E-state index is 8.96. The third kappa shape index (κ3) is 3.56. The second-order valence-electron chi connectivity index (χ2n) is 5.37. The van der Waals surface area contributed by atoms with E-state index >= 15 is 0 Å². The molecule has 0 fully saturated rings. The van der Waals surface area contributed by atoms with E-state index in [4.69, 9.17) is 5.11 Å². The zero-order valence-electron chi connectivity index (χ0n) is 11.4. The van der Waals surface area contributed by atoms with Gasteiger partial charge in [0, 0.05) is 13.2 Å². The summed E-state index contributed by atoms with van der Waals surface area (Å²) >= 11 is 0. The van der Waals surface area contributed by atoms with E-state index in [1.54, 1.807) is 11.1 Å². The van der Waals surface area contributed by atoms with Crippen LogP contribution in [0, 0.1) is 5.92 Å². The van der Waals surface area contributed by atoms with E-state index < -0.39 is 0 Å². The summed E-state index contributed by atoms with van der Waals surface area (Å²) in [7, 11) is 0. The summed E-state index contributed by atoms with van der Waals surface area (Å²) in [5.41, 5.74) is 4.50. The van der Waals surface area contributed by atoms with Gasteiger partial charge in [-0.25, -0.2) is 0 Å². The molecule has 1 unspecified atom stereocenters. The Balaban J connectivity index is 1.79. The van der Waals surface area contributed by atoms with Crippen molar-refractivity contribution >= 4 is 0 Å². The van der Waals surface area contributed by atoms with E-state index in [0.29, 0.717) is 12.5 Å². The first-order valence-corrected chi connectivity index (χ1v) is 7.25. The quantitative estimate of drug-likeness (QED) is 0.776. The largest absolute Gasteiger partial charge is 0.396 e. The lowest BCUT2D eigenvalue weighted by atomic mass is 10.0. The zero-order valence-corrected chi connectivity index (χ0v) is 11.4. The van der Waals surface area contributed by atoms with Crippen LogP contribution in [0.1, 0.15) is 42.9 Å². The molecular weight excluding hydrogens is 222 g/mol. The average molecular weight is 247 g/mol. The Labute approximate surface area is 110 Å². The topological polar surface area (TPSA) is 32.3 Å². The molecule has 1 aliphatic carbocycles. The zero-order chi connectivity index (χ0) is 12.8. The summed E-state index contributed by atoms with van der Waals surface area (Å²) in [5, 5.41) is 12.5. The third-order valence-corrected chi connectivity index (χ3v) is 4.04. The van der Waals surface area contributed by atoms with Gasteiger partial charge in [0.2, 0.25) is 0 Å². The third-order valence-electron chi connectivity index (χ3n) is 4.04. The van der Waals surface area contributed by atoms with Crippen molar-refractivity contribution in [2.24, 2.45) is 5.92 Å². The van der Waals surface area contributed by atoms with Gasteiger partial charge >= 0.3 is 0 Å². The van der Waals surface area contributed by atoms with E-state index in [9.17, 15) is 0 Å². The molecule has 2 heteroatoms. The minimum absolute atomic E-state index is 0.305. The monoisotopic (exact) mass is 247 g/mol. The number of aliphatic hydroxyl groups excluding tert-OH is 1. The number of hydrogen-bond donors (Lipinski definition) is 2. The van der Waals surface area contributed by atoms with Gasteiger partial charge in [0.05, 0.1) is 0 Å². The van der Waals surface area contributed by atoms with Crippen molar-refractivity contribution in [3.05, 3.63) is 34.9 Å². The minimum Gasteiger partial charge on any atom is -0.396 e. The van der Waals surface area contributed by atoms with E-state index in [0.717, 1.165) is 25.9 Å². The molecule has 2 nitrogen and oxygen atoms in total. The van der Waals surface area contributed by atoms with Crippen LogP contribution in [-0.2, 0) is 19.4 Å². The summed E-state index contributed by atoms with van der Waals surface area (Å²) in [4.78, 5) is 0. The second kappa shape index (κ2) is 6.91. The molecule has 100 valence electrons. The van der Waals surface area contributed by atoms with E-state index in [1.165, 1.54) is 24.8 Å². The van der Waals surface area contributed by atoms with Gasteiger partial charge in [0.15, 0.2) is 0 Å². The molecule has 0 heterocycles. The van der Waals surface area contributed by atoms with Gasteiger partial charge in [-0.05, 0) is 54.8 Å². The number of aliphatic hydroxyl groups is 1. The first kappa shape index (κ1) is 13.6. The normalized spacial score (nSPS) is 15.7. The van der Waals surface area contributed by atoms with Crippen LogP contribution < -0.4 is 5.32 Å². The molecule has 18 heavy (non-hydrogen) atoms. The van der Waals surface area contributed by atoms with Gasteiger partial charge in [0.25, 0.3) is 0 Å². The number of aryl methyl sites for hydroxylation is 2. The van der Waals surface area contributed by atoms with Crippen LogP contribution in [-0.4, -0.2) is 18.3 Å². The van der Waals surface area contributed by atoms with Crippen molar-refractivity contribution in [2.45, 2.75) is 45.6 Å². The maximum Gasteiger partial charge on any atom is 0.0434 e. The first-order valence-electron chi connectivity index (χ1n) is 7.25. The fourth-order valence-electron chi connectivity index (χ4n) is 2.79. The number of hydrogen-bond acceptors (Lipinski definition) is 2. The predicted molar refractivity (Wildman–Crippen MR) is 75.7 cm³/mol. The molecule has 0 saturated carbocycles. The van der Waals surface area contributed by atoms with Crippen LogP contribution in [0.3, 0.4) is 0 Å². The standard InChI is InChI=1S/C16H25NO/c1-2-13(8-9-18)11-17-12-14-6-7-15-4-3-5-16(15)10-14/h6-7,10,13,17-18H,2-5,8-9,11-12H2,1H3. The van der Waals surface area contributed by atoms with Gasteiger partial charge in [0.1, 0.15) is 0 Å². The molecule has 0 aliphatic heterocycles. The van der Waals surface area contributed by atoms with Crippen molar-refractivity contribution < 1.29 is 5.11 Å². The summed E-state index contributed by atoms with van der Waals surface area (Å²) in [6, 6.07) is 6.91. The van der Waals surface area contributed by atoms with Gasteiger partial charge in [-0.2, -0.15) is 0 Å². The van der Waals surface area contributed by atoms with Crippen molar-refractivity contribution in [3.63, 3.8) is 0 Å². The van der Waals surface area contributed by atoms with Gasteiger partial charge in [-0.1, -0.05) is 31.5 Å². The van der Waals surface area contributed by atoms with Gasteiger partial charge in [-0.3, -0.25) is 0 Å². The molecule has 1 aromatic rings. The average Bonchev–Trinajstić information content (AvgIpc) is 2.85. The Morgan fingerprint density at radius 2 is 2.11 bits per heavy atom. The summed E-state index contributed by atoms with van der Waals surface area (Å²) in [6.07, 6.45) is 5.88. The highest BCUT2D eigenvalue weighted by atomic mass is 16.3. The van der Waals surface area contributed by atoms with Crippen LogP contribution in [0.15, 0.2) is 18.2 Å². The Hall–Kier alpha value is -0.860. The molecule has 0 saturated heterocycles. The molecule has 0 aromatic heterocycles. The van der Waals surface area contributed by atoms with E-state index in [1.807, 2.05) is 0 Å². The molecule has 0 amide bonds. The molecule has 0 bridgehead atoms. The molecular formula is C16H25NO. The summed E-state index contributed by atoms with van der Waals surface area (Å²) in [6.45, 7) is 4.46. The molecule has 2 rings (SSSR count). The highest BCUT2D eigenvalue weighted by Crippen LogP contribution is 2.22. The van der Waals surface area contributed by atoms with Crippen molar-refractivity contribution in [3.8, 4) is 0 Å². The van der Waals surface area contributed by atoms with Crippen molar-refractivity contribution in [1.82, 2.24) is 5.32 Å². The minimum atomic E-state index is 0.305. The van der Waals surface area contributed by atoms with Crippen LogP contribution in [0.2, 0.25) is 0 Å². The summed E-state index contributed by atoms with van der Waals surface area (Å²) < 4.78 is 0. The molecule has 1 aromatic carbocycles. The van der Waals surface area contributed by atoms with E-state index in [-0.39, 0.29) is 0 Å². The molecule has 1 atom stereocenters. The lowest BCUT2D eigenvalue weighted by molar-refractivity contribution is 0.251. The highest BCUT2D eigenvalue weighted by molar-refractivity contribution is 5.35. The fourth-order valence-corrected chi connectivity index (χ4v) is 2.79. The summed E-state index contributed by atoms with van der Waals surface area (Å²) in [5.74, 6) is 0.601. The molecule has 1 aliphatic rings. The lowest BCUT2D eigenvalue weighted by Gasteiger charge is -2.14. The van der Waals surface area contributed by atoms with Crippen molar-refractivity contribution in [2.75, 3.05) is 13.2 Å². The smallest absolute Gasteiger partial charge is 0.0434 e. The fraction of sp³-hybridized carbons (Fsp3) is 0.625. The highest BCUT2D eigenvalue weighted by Gasteiger charge is 2.10. The first-order chi connectivity index (χ1) is 8.83. The number of fused-ring (bicyclic) bond motifs is 1. The second-order valence-corrected chi connectivity index (χ2v) is 5.37. The Morgan fingerprint density at radius 1 is 1.28 bits per heavy atom. The number of rotatable bonds is 7. The SMILES string of the molecule is CCC(CCO)CNCc1ccc2c(c1)CCC2. The Kier molecular flexibility index (Phi) is 5.21. The maximum absolute atomic E-state index is 8.96. The van der Waals surface area contributed by atoms with Gasteiger partial charge < -0.3 is 10.4 Å². The van der Waals surface area contributed by atoms with Crippen LogP contribution in [0.4, 0.5) is 0 Å². The van der Waals surface area contributed by atoms with Crippen LogP contribution >= 0.6 is 0 Å². The molecule has 0 spiro atoms. The van der Waals surface area contributed by atoms with Crippen molar-refractivity contribution in [1.29, 1.82) is 0 Å². The molecule has 2 N–H and O–H groups in total. The lowest BCUT2D eigenvalue weighted by Crippen LogP contribution is -2.23. The number of nitrogens with one attached hydrogen (secondary N) is 1.